The lowest BCUT2D eigenvalue weighted by molar-refractivity contribution is 1.42. The number of nitrogens with zero attached hydrogens (tertiary/aromatic N) is 1. The lowest BCUT2D eigenvalue weighted by Gasteiger charge is -2.03. The second-order valence-corrected chi connectivity index (χ2v) is 5.21. The topological polar surface area (TPSA) is 12.9 Å². The molecule has 1 aliphatic carbocycles. The third kappa shape index (κ3) is 1.15. The maximum atomic E-state index is 4.88. The van der Waals surface area contributed by atoms with Crippen molar-refractivity contribution < 1.29 is 0 Å². The highest BCUT2D eigenvalue weighted by Crippen LogP contribution is 2.46. The van der Waals surface area contributed by atoms with E-state index in [1.807, 2.05) is 18.2 Å². The Morgan fingerprint density at radius 2 is 1.65 bits per heavy atom. The van der Waals surface area contributed by atoms with E-state index in [9.17, 15) is 0 Å². The van der Waals surface area contributed by atoms with Crippen LogP contribution in [-0.2, 0) is 0 Å². The van der Waals surface area contributed by atoms with Crippen LogP contribution in [0, 0.1) is 6.07 Å². The zero-order valence-electron chi connectivity index (χ0n) is 10.7. The number of rotatable bonds is 0. The van der Waals surface area contributed by atoms with Gasteiger partial charge in [-0.25, -0.2) is 4.98 Å². The summed E-state index contributed by atoms with van der Waals surface area (Å²) in [5.41, 5.74) is 5.93. The number of hydrogen-bond donors (Lipinski definition) is 0. The summed E-state index contributed by atoms with van der Waals surface area (Å²) in [6.07, 6.45) is 0. The van der Waals surface area contributed by atoms with Crippen molar-refractivity contribution in [2.75, 3.05) is 0 Å². The number of benzene rings is 3. The van der Waals surface area contributed by atoms with E-state index in [-0.39, 0.29) is 0 Å². The minimum Gasteiger partial charge on any atom is -0.247 e. The van der Waals surface area contributed by atoms with Crippen molar-refractivity contribution in [1.29, 1.82) is 0 Å². The van der Waals surface area contributed by atoms with Gasteiger partial charge in [-0.05, 0) is 40.6 Å². The first-order valence-corrected chi connectivity index (χ1v) is 6.75. The molecule has 0 amide bonds. The monoisotopic (exact) mass is 252 g/mol. The second-order valence-electron chi connectivity index (χ2n) is 5.21. The van der Waals surface area contributed by atoms with Crippen molar-refractivity contribution in [1.82, 2.24) is 4.98 Å². The minimum atomic E-state index is 1.03. The number of pyridine rings is 1. The summed E-state index contributed by atoms with van der Waals surface area (Å²) in [6, 6.07) is 24.3. The van der Waals surface area contributed by atoms with E-state index in [2.05, 4.69) is 48.5 Å². The number of fused-ring (bicyclic) bond motifs is 4. The van der Waals surface area contributed by atoms with Crippen LogP contribution in [0.1, 0.15) is 0 Å². The third-order valence-corrected chi connectivity index (χ3v) is 4.11. The molecule has 1 nitrogen and oxygen atoms in total. The smallest absolute Gasteiger partial charge is 0.0794 e. The molecule has 3 aromatic carbocycles. The molecular formula is C19H10N. The second kappa shape index (κ2) is 3.45. The quantitative estimate of drug-likeness (QED) is 0.384. The molecule has 0 unspecified atom stereocenters. The molecule has 0 saturated heterocycles. The zero-order chi connectivity index (χ0) is 13.1. The van der Waals surface area contributed by atoms with E-state index in [1.54, 1.807) is 0 Å². The molecule has 1 aliphatic rings. The molecule has 0 N–H and O–H groups in total. The van der Waals surface area contributed by atoms with Gasteiger partial charge < -0.3 is 0 Å². The molecule has 5 rings (SSSR count). The summed E-state index contributed by atoms with van der Waals surface area (Å²) in [7, 11) is 0. The van der Waals surface area contributed by atoms with Crippen molar-refractivity contribution in [3.8, 4) is 22.4 Å². The largest absolute Gasteiger partial charge is 0.247 e. The van der Waals surface area contributed by atoms with Gasteiger partial charge in [-0.2, -0.15) is 0 Å². The van der Waals surface area contributed by atoms with E-state index < -0.39 is 0 Å². The SMILES string of the molecule is [c]1ccc2nc3c(cc2c1)-c1cccc2cccc-3c12. The van der Waals surface area contributed by atoms with E-state index in [1.165, 1.54) is 27.5 Å². The highest BCUT2D eigenvalue weighted by Gasteiger charge is 2.22. The molecule has 0 atom stereocenters. The van der Waals surface area contributed by atoms with Gasteiger partial charge in [-0.1, -0.05) is 42.5 Å². The lowest BCUT2D eigenvalue weighted by atomic mass is 10.0. The Morgan fingerprint density at radius 1 is 0.800 bits per heavy atom. The summed E-state index contributed by atoms with van der Waals surface area (Å²) in [6.45, 7) is 0. The molecule has 1 radical (unpaired) electrons. The first-order valence-electron chi connectivity index (χ1n) is 6.75. The molecule has 0 saturated carbocycles. The molecule has 1 aromatic heterocycles. The van der Waals surface area contributed by atoms with Crippen LogP contribution in [0.4, 0.5) is 0 Å². The average Bonchev–Trinajstić information content (AvgIpc) is 2.82. The van der Waals surface area contributed by atoms with Crippen LogP contribution in [0.3, 0.4) is 0 Å². The molecule has 1 heterocycles. The molecule has 0 fully saturated rings. The fourth-order valence-electron chi connectivity index (χ4n) is 3.23. The Bertz CT molecular complexity index is 922. The van der Waals surface area contributed by atoms with Crippen LogP contribution in [0.2, 0.25) is 0 Å². The van der Waals surface area contributed by atoms with Gasteiger partial charge in [-0.15, -0.1) is 0 Å². The zero-order valence-corrected chi connectivity index (χ0v) is 10.7. The maximum absolute atomic E-state index is 4.88. The fraction of sp³-hybridized carbons (Fsp3) is 0. The Morgan fingerprint density at radius 3 is 2.55 bits per heavy atom. The molecule has 91 valence electrons. The highest BCUT2D eigenvalue weighted by molar-refractivity contribution is 6.15. The fourth-order valence-corrected chi connectivity index (χ4v) is 3.23. The van der Waals surface area contributed by atoms with E-state index in [4.69, 9.17) is 4.98 Å². The molecular weight excluding hydrogens is 242 g/mol. The summed E-state index contributed by atoms with van der Waals surface area (Å²) < 4.78 is 0. The molecule has 0 spiro atoms. The maximum Gasteiger partial charge on any atom is 0.0794 e. The first-order chi connectivity index (χ1) is 9.92. The number of hydrogen-bond acceptors (Lipinski definition) is 1. The summed E-state index contributed by atoms with van der Waals surface area (Å²) >= 11 is 0. The van der Waals surface area contributed by atoms with E-state index >= 15 is 0 Å². The summed E-state index contributed by atoms with van der Waals surface area (Å²) in [5, 5.41) is 3.77. The van der Waals surface area contributed by atoms with Gasteiger partial charge in [0, 0.05) is 16.5 Å². The normalized spacial score (nSPS) is 12.0. The Labute approximate surface area is 116 Å². The predicted octanol–water partition coefficient (Wildman–Crippen LogP) is 4.84. The summed E-state index contributed by atoms with van der Waals surface area (Å²) in [5.74, 6) is 0. The van der Waals surface area contributed by atoms with Crippen LogP contribution < -0.4 is 0 Å². The Kier molecular flexibility index (Phi) is 1.75. The molecule has 0 aliphatic heterocycles. The predicted molar refractivity (Wildman–Crippen MR) is 82.5 cm³/mol. The van der Waals surface area contributed by atoms with Crippen LogP contribution in [-0.4, -0.2) is 4.98 Å². The average molecular weight is 252 g/mol. The summed E-state index contributed by atoms with van der Waals surface area (Å²) in [4.78, 5) is 4.88. The number of aromatic nitrogens is 1. The van der Waals surface area contributed by atoms with Crippen LogP contribution in [0.15, 0.2) is 60.7 Å². The standard InChI is InChI=1S/C19H10N/c1-2-10-17-13(5-1)11-16-14-8-3-6-12-7-4-9-15(18(12)14)19(16)20-17/h2-11H. The minimum absolute atomic E-state index is 1.03. The molecule has 0 bridgehead atoms. The van der Waals surface area contributed by atoms with Crippen LogP contribution in [0.5, 0.6) is 0 Å². The van der Waals surface area contributed by atoms with Gasteiger partial charge in [0.25, 0.3) is 0 Å². The lowest BCUT2D eigenvalue weighted by Crippen LogP contribution is -1.85. The van der Waals surface area contributed by atoms with Crippen molar-refractivity contribution in [2.24, 2.45) is 0 Å². The third-order valence-electron chi connectivity index (χ3n) is 4.11. The van der Waals surface area contributed by atoms with Gasteiger partial charge in [0.1, 0.15) is 0 Å². The van der Waals surface area contributed by atoms with E-state index in [0.717, 1.165) is 16.6 Å². The van der Waals surface area contributed by atoms with Gasteiger partial charge >= 0.3 is 0 Å². The van der Waals surface area contributed by atoms with Gasteiger partial charge in [0.2, 0.25) is 0 Å². The Hall–Kier alpha value is -2.67. The Balaban J connectivity index is 2.02. The molecule has 4 aromatic rings. The molecule has 20 heavy (non-hydrogen) atoms. The van der Waals surface area contributed by atoms with Gasteiger partial charge in [0.15, 0.2) is 0 Å². The van der Waals surface area contributed by atoms with E-state index in [0.29, 0.717) is 0 Å². The molecule has 1 heteroatoms. The van der Waals surface area contributed by atoms with Crippen molar-refractivity contribution in [3.63, 3.8) is 0 Å². The first kappa shape index (κ1) is 10.2. The van der Waals surface area contributed by atoms with Crippen LogP contribution >= 0.6 is 0 Å². The van der Waals surface area contributed by atoms with Crippen molar-refractivity contribution in [2.45, 2.75) is 0 Å². The van der Waals surface area contributed by atoms with Crippen molar-refractivity contribution in [3.05, 3.63) is 66.7 Å². The van der Waals surface area contributed by atoms with Crippen molar-refractivity contribution >= 4 is 21.7 Å². The van der Waals surface area contributed by atoms with Gasteiger partial charge in [0.05, 0.1) is 11.2 Å². The van der Waals surface area contributed by atoms with Gasteiger partial charge in [-0.3, -0.25) is 0 Å². The highest BCUT2D eigenvalue weighted by atomic mass is 14.7. The van der Waals surface area contributed by atoms with Crippen LogP contribution in [0.25, 0.3) is 44.1 Å².